The van der Waals surface area contributed by atoms with Crippen molar-refractivity contribution in [3.8, 4) is 11.4 Å². The Morgan fingerprint density at radius 3 is 2.44 bits per heavy atom. The lowest BCUT2D eigenvalue weighted by atomic mass is 10.1. The molecule has 0 saturated heterocycles. The van der Waals surface area contributed by atoms with Crippen molar-refractivity contribution in [2.75, 3.05) is 7.11 Å². The molecule has 0 spiro atoms. The number of ether oxygens (including phenoxy) is 1. The number of fused-ring (bicyclic) bond motifs is 1. The average molecular weight is 335 g/mol. The van der Waals surface area contributed by atoms with Crippen LogP contribution in [0.5, 0.6) is 5.75 Å². The van der Waals surface area contributed by atoms with Gasteiger partial charge in [0.2, 0.25) is 0 Å². The summed E-state index contributed by atoms with van der Waals surface area (Å²) in [7, 11) is 1.65. The standard InChI is InChI=1S/C22H25NO2/c1-3-4-5-6-10-19-16-17-9-7-8-11-21(17)22(24)23(19)18-12-14-20(25-2)15-13-18/h7-9,11-16H,3-6,10H2,1-2H3. The van der Waals surface area contributed by atoms with Gasteiger partial charge in [0.15, 0.2) is 0 Å². The molecular weight excluding hydrogens is 310 g/mol. The van der Waals surface area contributed by atoms with Crippen LogP contribution in [0.25, 0.3) is 16.5 Å². The number of aromatic nitrogens is 1. The van der Waals surface area contributed by atoms with Gasteiger partial charge >= 0.3 is 0 Å². The van der Waals surface area contributed by atoms with Gasteiger partial charge in [-0.15, -0.1) is 0 Å². The van der Waals surface area contributed by atoms with Crippen molar-refractivity contribution in [3.63, 3.8) is 0 Å². The maximum absolute atomic E-state index is 13.1. The summed E-state index contributed by atoms with van der Waals surface area (Å²) in [6.45, 7) is 2.21. The Morgan fingerprint density at radius 1 is 0.960 bits per heavy atom. The van der Waals surface area contributed by atoms with Crippen molar-refractivity contribution in [1.29, 1.82) is 0 Å². The van der Waals surface area contributed by atoms with Crippen molar-refractivity contribution < 1.29 is 4.74 Å². The Bertz CT molecular complexity index is 894. The van der Waals surface area contributed by atoms with Crippen LogP contribution >= 0.6 is 0 Å². The highest BCUT2D eigenvalue weighted by Crippen LogP contribution is 2.20. The first-order valence-corrected chi connectivity index (χ1v) is 9.02. The van der Waals surface area contributed by atoms with E-state index in [9.17, 15) is 4.79 Å². The molecule has 2 aromatic carbocycles. The molecule has 0 saturated carbocycles. The smallest absolute Gasteiger partial charge is 0.263 e. The minimum absolute atomic E-state index is 0.0498. The third kappa shape index (κ3) is 3.76. The summed E-state index contributed by atoms with van der Waals surface area (Å²) in [6.07, 6.45) is 5.65. The van der Waals surface area contributed by atoms with E-state index in [2.05, 4.69) is 13.0 Å². The summed E-state index contributed by atoms with van der Waals surface area (Å²) >= 11 is 0. The van der Waals surface area contributed by atoms with Gasteiger partial charge in [-0.05, 0) is 54.6 Å². The van der Waals surface area contributed by atoms with Crippen LogP contribution in [0.3, 0.4) is 0 Å². The monoisotopic (exact) mass is 335 g/mol. The number of benzene rings is 2. The second kappa shape index (κ2) is 8.02. The van der Waals surface area contributed by atoms with Crippen molar-refractivity contribution in [2.45, 2.75) is 39.0 Å². The van der Waals surface area contributed by atoms with E-state index < -0.39 is 0 Å². The fourth-order valence-electron chi connectivity index (χ4n) is 3.24. The average Bonchev–Trinajstić information content (AvgIpc) is 2.66. The lowest BCUT2D eigenvalue weighted by Crippen LogP contribution is -2.22. The molecule has 0 fully saturated rings. The van der Waals surface area contributed by atoms with E-state index in [0.717, 1.165) is 40.7 Å². The molecule has 0 bridgehead atoms. The normalized spacial score (nSPS) is 11.0. The zero-order chi connectivity index (χ0) is 17.6. The van der Waals surface area contributed by atoms with E-state index in [1.54, 1.807) is 7.11 Å². The van der Waals surface area contributed by atoms with Crippen LogP contribution in [0.1, 0.15) is 38.3 Å². The molecule has 0 amide bonds. The van der Waals surface area contributed by atoms with Crippen molar-refractivity contribution in [3.05, 3.63) is 70.6 Å². The summed E-state index contributed by atoms with van der Waals surface area (Å²) in [5.41, 5.74) is 2.01. The molecule has 0 aliphatic carbocycles. The molecule has 3 aromatic rings. The molecule has 25 heavy (non-hydrogen) atoms. The van der Waals surface area contributed by atoms with Crippen molar-refractivity contribution in [2.24, 2.45) is 0 Å². The van der Waals surface area contributed by atoms with E-state index in [0.29, 0.717) is 0 Å². The van der Waals surface area contributed by atoms with Crippen LogP contribution < -0.4 is 10.3 Å². The van der Waals surface area contributed by atoms with Crippen molar-refractivity contribution >= 4 is 10.8 Å². The fourth-order valence-corrected chi connectivity index (χ4v) is 3.24. The van der Waals surface area contributed by atoms with Crippen LogP contribution in [0.4, 0.5) is 0 Å². The van der Waals surface area contributed by atoms with Gasteiger partial charge in [-0.3, -0.25) is 9.36 Å². The largest absolute Gasteiger partial charge is 0.497 e. The highest BCUT2D eigenvalue weighted by Gasteiger charge is 2.11. The van der Waals surface area contributed by atoms with Crippen LogP contribution in [0.15, 0.2) is 59.4 Å². The number of aryl methyl sites for hydroxylation is 1. The Kier molecular flexibility index (Phi) is 5.54. The zero-order valence-corrected chi connectivity index (χ0v) is 15.0. The quantitative estimate of drug-likeness (QED) is 0.561. The first-order valence-electron chi connectivity index (χ1n) is 9.02. The minimum atomic E-state index is 0.0498. The molecule has 0 aliphatic heterocycles. The predicted molar refractivity (Wildman–Crippen MR) is 104 cm³/mol. The van der Waals surface area contributed by atoms with Gasteiger partial charge in [-0.25, -0.2) is 0 Å². The van der Waals surface area contributed by atoms with Gasteiger partial charge in [0.25, 0.3) is 5.56 Å². The van der Waals surface area contributed by atoms with E-state index >= 15 is 0 Å². The van der Waals surface area contributed by atoms with Gasteiger partial charge in [-0.2, -0.15) is 0 Å². The zero-order valence-electron chi connectivity index (χ0n) is 15.0. The third-order valence-electron chi connectivity index (χ3n) is 4.62. The number of hydrogen-bond acceptors (Lipinski definition) is 2. The first kappa shape index (κ1) is 17.3. The molecule has 3 nitrogen and oxygen atoms in total. The van der Waals surface area contributed by atoms with Gasteiger partial charge < -0.3 is 4.74 Å². The number of nitrogens with zero attached hydrogens (tertiary/aromatic N) is 1. The number of methoxy groups -OCH3 is 1. The summed E-state index contributed by atoms with van der Waals surface area (Å²) in [5, 5.41) is 1.78. The Labute approximate surface area is 148 Å². The molecule has 3 rings (SSSR count). The molecule has 1 heterocycles. The summed E-state index contributed by atoms with van der Waals surface area (Å²) in [6, 6.07) is 17.7. The van der Waals surface area contributed by atoms with E-state index in [1.807, 2.05) is 53.1 Å². The van der Waals surface area contributed by atoms with E-state index in [-0.39, 0.29) is 5.56 Å². The molecule has 3 heteroatoms. The number of rotatable bonds is 7. The highest BCUT2D eigenvalue weighted by atomic mass is 16.5. The minimum Gasteiger partial charge on any atom is -0.497 e. The SMILES string of the molecule is CCCCCCc1cc2ccccc2c(=O)n1-c1ccc(OC)cc1. The molecular formula is C22H25NO2. The van der Waals surface area contributed by atoms with Gasteiger partial charge in [0.1, 0.15) is 5.75 Å². The number of hydrogen-bond donors (Lipinski definition) is 0. The molecule has 0 aliphatic rings. The maximum atomic E-state index is 13.1. The molecule has 1 aromatic heterocycles. The van der Waals surface area contributed by atoms with Gasteiger partial charge in [0, 0.05) is 16.8 Å². The Hall–Kier alpha value is -2.55. The lowest BCUT2D eigenvalue weighted by Gasteiger charge is -2.15. The molecule has 0 N–H and O–H groups in total. The predicted octanol–water partition coefficient (Wildman–Crippen LogP) is 5.12. The van der Waals surface area contributed by atoms with Crippen LogP contribution in [-0.4, -0.2) is 11.7 Å². The number of unbranched alkanes of at least 4 members (excludes halogenated alkanes) is 3. The van der Waals surface area contributed by atoms with Crippen molar-refractivity contribution in [1.82, 2.24) is 4.57 Å². The summed E-state index contributed by atoms with van der Waals surface area (Å²) in [4.78, 5) is 13.1. The topological polar surface area (TPSA) is 31.2 Å². The molecule has 0 unspecified atom stereocenters. The molecule has 0 radical (unpaired) electrons. The third-order valence-corrected chi connectivity index (χ3v) is 4.62. The molecule has 130 valence electrons. The fraction of sp³-hybridized carbons (Fsp3) is 0.318. The Balaban J connectivity index is 2.08. The summed E-state index contributed by atoms with van der Waals surface area (Å²) in [5.74, 6) is 0.794. The second-order valence-electron chi connectivity index (χ2n) is 6.37. The van der Waals surface area contributed by atoms with Crippen LogP contribution in [0.2, 0.25) is 0 Å². The Morgan fingerprint density at radius 2 is 1.72 bits per heavy atom. The highest BCUT2D eigenvalue weighted by molar-refractivity contribution is 5.82. The number of pyridine rings is 1. The summed E-state index contributed by atoms with van der Waals surface area (Å²) < 4.78 is 7.10. The maximum Gasteiger partial charge on any atom is 0.263 e. The van der Waals surface area contributed by atoms with Gasteiger partial charge in [-0.1, -0.05) is 44.4 Å². The molecule has 0 atom stereocenters. The van der Waals surface area contributed by atoms with E-state index in [4.69, 9.17) is 4.74 Å². The van der Waals surface area contributed by atoms with E-state index in [1.165, 1.54) is 19.3 Å². The van der Waals surface area contributed by atoms with Gasteiger partial charge in [0.05, 0.1) is 7.11 Å². The first-order chi connectivity index (χ1) is 12.2. The lowest BCUT2D eigenvalue weighted by molar-refractivity contribution is 0.414. The second-order valence-corrected chi connectivity index (χ2v) is 6.37. The van der Waals surface area contributed by atoms with Crippen LogP contribution in [-0.2, 0) is 6.42 Å². The van der Waals surface area contributed by atoms with Crippen LogP contribution in [0, 0.1) is 0 Å².